The van der Waals surface area contributed by atoms with Gasteiger partial charge < -0.3 is 15.0 Å². The minimum absolute atomic E-state index is 0.0185. The molecule has 0 bridgehead atoms. The predicted octanol–water partition coefficient (Wildman–Crippen LogP) is 2.73. The number of nitrogens with zero attached hydrogens (tertiary/aromatic N) is 2. The number of amides is 3. The van der Waals surface area contributed by atoms with Crippen LogP contribution in [0.15, 0.2) is 24.3 Å². The van der Waals surface area contributed by atoms with Crippen LogP contribution in [0.25, 0.3) is 0 Å². The zero-order chi connectivity index (χ0) is 22.8. The highest BCUT2D eigenvalue weighted by Gasteiger charge is 2.54. The maximum atomic E-state index is 13.7. The van der Waals surface area contributed by atoms with Crippen LogP contribution in [0.2, 0.25) is 0 Å². The van der Waals surface area contributed by atoms with Crippen LogP contribution in [0.5, 0.6) is 0 Å². The molecule has 0 radical (unpaired) electrons. The first-order valence-electron chi connectivity index (χ1n) is 11.3. The molecule has 0 saturated carbocycles. The van der Waals surface area contributed by atoms with Gasteiger partial charge in [-0.2, -0.15) is 0 Å². The summed E-state index contributed by atoms with van der Waals surface area (Å²) in [5.74, 6) is -0.342. The lowest BCUT2D eigenvalue weighted by Crippen LogP contribution is -2.60. The van der Waals surface area contributed by atoms with E-state index in [-0.39, 0.29) is 36.3 Å². The lowest BCUT2D eigenvalue weighted by atomic mass is 9.95. The average Bonchev–Trinajstić information content (AvgIpc) is 3.12. The molecule has 2 aliphatic rings. The van der Waals surface area contributed by atoms with E-state index in [9.17, 15) is 14.4 Å². The smallest absolute Gasteiger partial charge is 0.257 e. The molecule has 170 valence electrons. The molecule has 1 aromatic rings. The van der Waals surface area contributed by atoms with E-state index in [0.717, 1.165) is 12.0 Å². The summed E-state index contributed by atoms with van der Waals surface area (Å²) >= 11 is 0. The number of ether oxygens (including phenoxy) is 1. The van der Waals surface area contributed by atoms with Crippen LogP contribution in [-0.4, -0.2) is 65.0 Å². The van der Waals surface area contributed by atoms with Gasteiger partial charge in [-0.05, 0) is 31.9 Å². The Morgan fingerprint density at radius 1 is 1.16 bits per heavy atom. The fourth-order valence-electron chi connectivity index (χ4n) is 4.39. The van der Waals surface area contributed by atoms with E-state index in [4.69, 9.17) is 4.74 Å². The summed E-state index contributed by atoms with van der Waals surface area (Å²) in [4.78, 5) is 42.7. The number of carbonyl (C=O) groups is 3. The number of hydrogen-bond donors (Lipinski definition) is 1. The Hall–Kier alpha value is -2.41. The Labute approximate surface area is 185 Å². The number of aryl methyl sites for hydroxylation is 1. The van der Waals surface area contributed by atoms with E-state index >= 15 is 0 Å². The Morgan fingerprint density at radius 3 is 2.39 bits per heavy atom. The van der Waals surface area contributed by atoms with Crippen LogP contribution in [0.4, 0.5) is 0 Å². The molecule has 7 nitrogen and oxygen atoms in total. The van der Waals surface area contributed by atoms with Gasteiger partial charge in [0.25, 0.3) is 5.91 Å². The lowest BCUT2D eigenvalue weighted by molar-refractivity contribution is -0.146. The van der Waals surface area contributed by atoms with Crippen LogP contribution in [-0.2, 0) is 14.3 Å². The van der Waals surface area contributed by atoms with Crippen molar-refractivity contribution in [2.75, 3.05) is 19.7 Å². The van der Waals surface area contributed by atoms with Crippen LogP contribution in [0, 0.1) is 12.8 Å². The van der Waals surface area contributed by atoms with Crippen molar-refractivity contribution in [1.29, 1.82) is 0 Å². The molecule has 2 heterocycles. The van der Waals surface area contributed by atoms with Gasteiger partial charge in [-0.3, -0.25) is 19.3 Å². The normalized spacial score (nSPS) is 21.4. The average molecular weight is 430 g/mol. The molecule has 2 saturated heterocycles. The number of piperidine rings is 1. The molecular weight excluding hydrogens is 394 g/mol. The summed E-state index contributed by atoms with van der Waals surface area (Å²) in [5, 5.41) is 3.01. The van der Waals surface area contributed by atoms with E-state index < -0.39 is 11.8 Å². The molecular formula is C24H35N3O4. The number of rotatable bonds is 5. The quantitative estimate of drug-likeness (QED) is 0.781. The zero-order valence-electron chi connectivity index (χ0n) is 19.3. The highest BCUT2D eigenvalue weighted by molar-refractivity contribution is 5.99. The van der Waals surface area contributed by atoms with Crippen molar-refractivity contribution in [1.82, 2.24) is 15.1 Å². The first-order chi connectivity index (χ1) is 14.7. The highest BCUT2D eigenvalue weighted by atomic mass is 16.5. The number of carbonyl (C=O) groups excluding carboxylic acids is 3. The summed E-state index contributed by atoms with van der Waals surface area (Å²) in [6, 6.07) is 6.76. The van der Waals surface area contributed by atoms with Gasteiger partial charge in [0.2, 0.25) is 11.8 Å². The summed E-state index contributed by atoms with van der Waals surface area (Å²) in [5.41, 5.74) is 0.572. The third-order valence-corrected chi connectivity index (χ3v) is 6.51. The van der Waals surface area contributed by atoms with Crippen molar-refractivity contribution in [3.05, 3.63) is 35.4 Å². The Balaban J connectivity index is 1.90. The predicted molar refractivity (Wildman–Crippen MR) is 118 cm³/mol. The van der Waals surface area contributed by atoms with Gasteiger partial charge in [-0.15, -0.1) is 0 Å². The molecule has 2 atom stereocenters. The number of likely N-dealkylation sites (tertiary alicyclic amines) is 1. The standard InChI is InChI=1S/C24H35N3O4/c1-6-18(5)25-21(28)20-15-31-24(11-13-26(14-12-24)22(29)16(2)3)27(20)23(30)19-10-8-7-9-17(19)4/h7-10,16,18,20H,6,11-15H2,1-5H3,(H,25,28)/t18-,20-/m0/s1. The van der Waals surface area contributed by atoms with Crippen molar-refractivity contribution in [2.45, 2.75) is 71.7 Å². The summed E-state index contributed by atoms with van der Waals surface area (Å²) in [7, 11) is 0. The zero-order valence-corrected chi connectivity index (χ0v) is 19.3. The molecule has 3 rings (SSSR count). The molecule has 2 aliphatic heterocycles. The molecule has 7 heteroatoms. The van der Waals surface area contributed by atoms with Gasteiger partial charge in [0.1, 0.15) is 11.8 Å². The third kappa shape index (κ3) is 4.61. The van der Waals surface area contributed by atoms with Gasteiger partial charge in [-0.25, -0.2) is 0 Å². The number of hydrogen-bond acceptors (Lipinski definition) is 4. The summed E-state index contributed by atoms with van der Waals surface area (Å²) in [6.45, 7) is 10.8. The molecule has 31 heavy (non-hydrogen) atoms. The topological polar surface area (TPSA) is 79.0 Å². The van der Waals surface area contributed by atoms with E-state index in [1.165, 1.54) is 0 Å². The third-order valence-electron chi connectivity index (χ3n) is 6.51. The van der Waals surface area contributed by atoms with Gasteiger partial charge in [-0.1, -0.05) is 39.0 Å². The Morgan fingerprint density at radius 2 is 1.81 bits per heavy atom. The molecule has 0 aromatic heterocycles. The SMILES string of the molecule is CC[C@H](C)NC(=O)[C@@H]1COC2(CCN(C(=O)C(C)C)CC2)N1C(=O)c1ccccc1C. The minimum atomic E-state index is -0.870. The fourth-order valence-corrected chi connectivity index (χ4v) is 4.39. The van der Waals surface area contributed by atoms with Crippen LogP contribution < -0.4 is 5.32 Å². The van der Waals surface area contributed by atoms with Gasteiger partial charge in [0, 0.05) is 43.5 Å². The van der Waals surface area contributed by atoms with Gasteiger partial charge in [0.15, 0.2) is 0 Å². The van der Waals surface area contributed by atoms with E-state index in [1.54, 1.807) is 11.0 Å². The second kappa shape index (κ2) is 9.39. The minimum Gasteiger partial charge on any atom is -0.353 e. The summed E-state index contributed by atoms with van der Waals surface area (Å²) < 4.78 is 6.22. The number of benzene rings is 1. The van der Waals surface area contributed by atoms with E-state index in [1.807, 2.05) is 57.7 Å². The number of nitrogens with one attached hydrogen (secondary N) is 1. The monoisotopic (exact) mass is 429 g/mol. The molecule has 3 amide bonds. The molecule has 0 unspecified atom stereocenters. The van der Waals surface area contributed by atoms with E-state index in [2.05, 4.69) is 5.32 Å². The van der Waals surface area contributed by atoms with E-state index in [0.29, 0.717) is 31.5 Å². The van der Waals surface area contributed by atoms with Crippen molar-refractivity contribution in [2.24, 2.45) is 5.92 Å². The van der Waals surface area contributed by atoms with Crippen molar-refractivity contribution >= 4 is 17.7 Å². The highest BCUT2D eigenvalue weighted by Crippen LogP contribution is 2.39. The maximum absolute atomic E-state index is 13.7. The summed E-state index contributed by atoms with van der Waals surface area (Å²) in [6.07, 6.45) is 1.80. The first kappa shape index (κ1) is 23.3. The van der Waals surface area contributed by atoms with Crippen molar-refractivity contribution in [3.63, 3.8) is 0 Å². The second-order valence-corrected chi connectivity index (χ2v) is 9.06. The van der Waals surface area contributed by atoms with Crippen molar-refractivity contribution < 1.29 is 19.1 Å². The van der Waals surface area contributed by atoms with Gasteiger partial charge >= 0.3 is 0 Å². The van der Waals surface area contributed by atoms with Crippen LogP contribution in [0.3, 0.4) is 0 Å². The molecule has 1 spiro atoms. The molecule has 1 N–H and O–H groups in total. The lowest BCUT2D eigenvalue weighted by Gasteiger charge is -2.45. The molecule has 1 aromatic carbocycles. The molecule has 0 aliphatic carbocycles. The largest absolute Gasteiger partial charge is 0.353 e. The van der Waals surface area contributed by atoms with Crippen LogP contribution in [0.1, 0.15) is 62.9 Å². The van der Waals surface area contributed by atoms with Crippen molar-refractivity contribution in [3.8, 4) is 0 Å². The fraction of sp³-hybridized carbons (Fsp3) is 0.625. The van der Waals surface area contributed by atoms with Gasteiger partial charge in [0.05, 0.1) is 6.61 Å². The maximum Gasteiger partial charge on any atom is 0.257 e. The Kier molecular flexibility index (Phi) is 7.04. The second-order valence-electron chi connectivity index (χ2n) is 9.06. The van der Waals surface area contributed by atoms with Crippen LogP contribution >= 0.6 is 0 Å². The Bertz CT molecular complexity index is 830. The first-order valence-corrected chi connectivity index (χ1v) is 11.3. The molecule has 2 fully saturated rings.